The molecule has 0 unspecified atom stereocenters. The second kappa shape index (κ2) is 6.20. The second-order valence-electron chi connectivity index (χ2n) is 4.31. The summed E-state index contributed by atoms with van der Waals surface area (Å²) in [7, 11) is 2.06. The maximum Gasteiger partial charge on any atom is 0.271 e. The van der Waals surface area contributed by atoms with Crippen molar-refractivity contribution in [3.63, 3.8) is 0 Å². The molecule has 1 aromatic carbocycles. The zero-order chi connectivity index (χ0) is 12.8. The Balaban J connectivity index is 2.47. The first kappa shape index (κ1) is 13.4. The van der Waals surface area contributed by atoms with Gasteiger partial charge in [0.2, 0.25) is 0 Å². The van der Waals surface area contributed by atoms with Crippen molar-refractivity contribution in [2.75, 3.05) is 25.5 Å². The van der Waals surface area contributed by atoms with Gasteiger partial charge in [-0.05, 0) is 27.0 Å². The molecular formula is C12H19N3O2. The van der Waals surface area contributed by atoms with Crippen LogP contribution in [-0.2, 0) is 0 Å². The van der Waals surface area contributed by atoms with Gasteiger partial charge in [0, 0.05) is 37.0 Å². The zero-order valence-electron chi connectivity index (χ0n) is 10.5. The number of benzene rings is 1. The molecule has 17 heavy (non-hydrogen) atoms. The van der Waals surface area contributed by atoms with Gasteiger partial charge in [-0.3, -0.25) is 10.1 Å². The lowest BCUT2D eigenvalue weighted by atomic mass is 10.3. The molecule has 0 saturated carbocycles. The molecule has 0 saturated heterocycles. The van der Waals surface area contributed by atoms with Crippen LogP contribution in [0.3, 0.4) is 0 Å². The highest BCUT2D eigenvalue weighted by Gasteiger charge is 2.06. The molecule has 0 aliphatic carbocycles. The third-order valence-electron chi connectivity index (χ3n) is 2.73. The minimum atomic E-state index is -0.384. The van der Waals surface area contributed by atoms with Gasteiger partial charge in [0.1, 0.15) is 0 Å². The summed E-state index contributed by atoms with van der Waals surface area (Å²) in [6.45, 7) is 5.94. The predicted octanol–water partition coefficient (Wildman–Crippen LogP) is 2.35. The van der Waals surface area contributed by atoms with Crippen molar-refractivity contribution >= 4 is 11.4 Å². The Labute approximate surface area is 102 Å². The molecule has 94 valence electrons. The molecule has 0 heterocycles. The summed E-state index contributed by atoms with van der Waals surface area (Å²) in [5.41, 5.74) is 0.906. The quantitative estimate of drug-likeness (QED) is 0.609. The highest BCUT2D eigenvalue weighted by Crippen LogP contribution is 2.16. The Morgan fingerprint density at radius 2 is 2.18 bits per heavy atom. The molecule has 0 bridgehead atoms. The lowest BCUT2D eigenvalue weighted by Gasteiger charge is -2.21. The molecule has 0 atom stereocenters. The number of nitrogens with one attached hydrogen (secondary N) is 1. The van der Waals surface area contributed by atoms with Crippen molar-refractivity contribution in [3.8, 4) is 0 Å². The molecule has 0 amide bonds. The van der Waals surface area contributed by atoms with E-state index in [9.17, 15) is 10.1 Å². The van der Waals surface area contributed by atoms with E-state index in [-0.39, 0.29) is 10.6 Å². The fourth-order valence-electron chi connectivity index (χ4n) is 1.36. The Hall–Kier alpha value is -1.62. The number of rotatable bonds is 6. The van der Waals surface area contributed by atoms with E-state index >= 15 is 0 Å². The number of likely N-dealkylation sites (N-methyl/N-ethyl adjacent to an activating group) is 1. The van der Waals surface area contributed by atoms with E-state index in [0.717, 1.165) is 18.8 Å². The van der Waals surface area contributed by atoms with E-state index < -0.39 is 0 Å². The maximum absolute atomic E-state index is 10.6. The van der Waals surface area contributed by atoms with Crippen LogP contribution in [0.1, 0.15) is 13.8 Å². The van der Waals surface area contributed by atoms with E-state index in [4.69, 9.17) is 0 Å². The summed E-state index contributed by atoms with van der Waals surface area (Å²) in [5, 5.41) is 13.8. The van der Waals surface area contributed by atoms with Gasteiger partial charge in [0.05, 0.1) is 4.92 Å². The number of non-ortho nitro benzene ring substituents is 1. The fourth-order valence-corrected chi connectivity index (χ4v) is 1.36. The van der Waals surface area contributed by atoms with Crippen LogP contribution in [0, 0.1) is 10.1 Å². The van der Waals surface area contributed by atoms with Gasteiger partial charge in [-0.1, -0.05) is 6.07 Å². The van der Waals surface area contributed by atoms with Crippen molar-refractivity contribution in [1.29, 1.82) is 0 Å². The van der Waals surface area contributed by atoms with Crippen LogP contribution in [0.4, 0.5) is 11.4 Å². The minimum Gasteiger partial charge on any atom is -0.384 e. The van der Waals surface area contributed by atoms with Crippen LogP contribution >= 0.6 is 0 Å². The van der Waals surface area contributed by atoms with Crippen molar-refractivity contribution in [3.05, 3.63) is 34.4 Å². The lowest BCUT2D eigenvalue weighted by molar-refractivity contribution is -0.384. The number of hydrogen-bond acceptors (Lipinski definition) is 4. The number of nitrogens with zero attached hydrogens (tertiary/aromatic N) is 2. The van der Waals surface area contributed by atoms with Crippen LogP contribution in [0.5, 0.6) is 0 Å². The molecule has 0 radical (unpaired) electrons. The SMILES string of the molecule is CC(C)N(C)CCNc1cccc([N+](=O)[O-])c1. The van der Waals surface area contributed by atoms with E-state index in [2.05, 4.69) is 31.1 Å². The van der Waals surface area contributed by atoms with Crippen molar-refractivity contribution < 1.29 is 4.92 Å². The molecule has 0 spiro atoms. The summed E-state index contributed by atoms with van der Waals surface area (Å²) in [6.07, 6.45) is 0. The van der Waals surface area contributed by atoms with E-state index in [0.29, 0.717) is 6.04 Å². The zero-order valence-corrected chi connectivity index (χ0v) is 10.5. The minimum absolute atomic E-state index is 0.118. The molecule has 1 aromatic rings. The lowest BCUT2D eigenvalue weighted by Crippen LogP contribution is -2.31. The van der Waals surface area contributed by atoms with Crippen LogP contribution in [0.25, 0.3) is 0 Å². The third kappa shape index (κ3) is 4.40. The number of hydrogen-bond donors (Lipinski definition) is 1. The first-order valence-corrected chi connectivity index (χ1v) is 5.69. The summed E-state index contributed by atoms with van der Waals surface area (Å²) in [6, 6.07) is 7.07. The number of nitro benzene ring substituents is 1. The first-order valence-electron chi connectivity index (χ1n) is 5.69. The van der Waals surface area contributed by atoms with Gasteiger partial charge in [0.15, 0.2) is 0 Å². The fraction of sp³-hybridized carbons (Fsp3) is 0.500. The van der Waals surface area contributed by atoms with Crippen LogP contribution in [0.2, 0.25) is 0 Å². The standard InChI is InChI=1S/C12H19N3O2/c1-10(2)14(3)8-7-13-11-5-4-6-12(9-11)15(16)17/h4-6,9-10,13H,7-8H2,1-3H3. The Kier molecular flexibility index (Phi) is 4.90. The average molecular weight is 237 g/mol. The molecule has 5 heteroatoms. The summed E-state index contributed by atoms with van der Waals surface area (Å²) < 4.78 is 0. The van der Waals surface area contributed by atoms with E-state index in [1.807, 2.05) is 6.07 Å². The summed E-state index contributed by atoms with van der Waals surface area (Å²) >= 11 is 0. The first-order chi connectivity index (χ1) is 8.00. The predicted molar refractivity (Wildman–Crippen MR) is 69.4 cm³/mol. The van der Waals surface area contributed by atoms with Crippen molar-refractivity contribution in [2.24, 2.45) is 0 Å². The molecular weight excluding hydrogens is 218 g/mol. The average Bonchev–Trinajstić information content (AvgIpc) is 2.29. The molecule has 0 aliphatic rings. The smallest absolute Gasteiger partial charge is 0.271 e. The normalized spacial score (nSPS) is 10.9. The monoisotopic (exact) mass is 237 g/mol. The Morgan fingerprint density at radius 1 is 1.47 bits per heavy atom. The summed E-state index contributed by atoms with van der Waals surface area (Å²) in [4.78, 5) is 12.4. The van der Waals surface area contributed by atoms with Crippen LogP contribution in [0.15, 0.2) is 24.3 Å². The van der Waals surface area contributed by atoms with Gasteiger partial charge in [-0.15, -0.1) is 0 Å². The number of anilines is 1. The second-order valence-corrected chi connectivity index (χ2v) is 4.31. The van der Waals surface area contributed by atoms with Gasteiger partial charge in [-0.2, -0.15) is 0 Å². The highest BCUT2D eigenvalue weighted by molar-refractivity contribution is 5.50. The topological polar surface area (TPSA) is 58.4 Å². The largest absolute Gasteiger partial charge is 0.384 e. The van der Waals surface area contributed by atoms with Crippen LogP contribution < -0.4 is 5.32 Å². The van der Waals surface area contributed by atoms with Crippen molar-refractivity contribution in [2.45, 2.75) is 19.9 Å². The maximum atomic E-state index is 10.6. The van der Waals surface area contributed by atoms with E-state index in [1.165, 1.54) is 6.07 Å². The molecule has 0 aromatic heterocycles. The third-order valence-corrected chi connectivity index (χ3v) is 2.73. The summed E-state index contributed by atoms with van der Waals surface area (Å²) in [5.74, 6) is 0. The van der Waals surface area contributed by atoms with Crippen LogP contribution in [-0.4, -0.2) is 36.0 Å². The van der Waals surface area contributed by atoms with Gasteiger partial charge in [-0.25, -0.2) is 0 Å². The Bertz CT molecular complexity index is 380. The molecule has 0 fully saturated rings. The highest BCUT2D eigenvalue weighted by atomic mass is 16.6. The molecule has 0 aliphatic heterocycles. The number of nitro groups is 1. The van der Waals surface area contributed by atoms with Crippen molar-refractivity contribution in [1.82, 2.24) is 4.90 Å². The Morgan fingerprint density at radius 3 is 2.76 bits per heavy atom. The molecule has 1 N–H and O–H groups in total. The molecule has 1 rings (SSSR count). The van der Waals surface area contributed by atoms with E-state index in [1.54, 1.807) is 12.1 Å². The van der Waals surface area contributed by atoms with Gasteiger partial charge in [0.25, 0.3) is 5.69 Å². The molecule has 5 nitrogen and oxygen atoms in total. The van der Waals surface area contributed by atoms with Gasteiger partial charge < -0.3 is 10.2 Å². The van der Waals surface area contributed by atoms with Gasteiger partial charge >= 0.3 is 0 Å².